The lowest BCUT2D eigenvalue weighted by Gasteiger charge is -2.05. The quantitative estimate of drug-likeness (QED) is 0.463. The van der Waals surface area contributed by atoms with Crippen LogP contribution in [0.3, 0.4) is 0 Å². The predicted molar refractivity (Wildman–Crippen MR) is 91.0 cm³/mol. The van der Waals surface area contributed by atoms with E-state index in [0.29, 0.717) is 19.3 Å². The number of carbonyl (C=O) groups excluding carboxylic acids is 2. The van der Waals surface area contributed by atoms with Gasteiger partial charge in [-0.15, -0.1) is 0 Å². The second-order valence-corrected chi connectivity index (χ2v) is 6.12. The van der Waals surface area contributed by atoms with Crippen molar-refractivity contribution in [2.75, 3.05) is 7.11 Å². The van der Waals surface area contributed by atoms with E-state index in [2.05, 4.69) is 4.74 Å². The van der Waals surface area contributed by atoms with Crippen molar-refractivity contribution in [2.24, 2.45) is 0 Å². The Labute approximate surface area is 139 Å². The van der Waals surface area contributed by atoms with E-state index in [-0.39, 0.29) is 11.8 Å². The van der Waals surface area contributed by atoms with E-state index in [1.807, 2.05) is 13.0 Å². The normalized spacial score (nSPS) is 16.4. The van der Waals surface area contributed by atoms with Gasteiger partial charge < -0.3 is 9.84 Å². The molecular weight excluding hydrogens is 292 g/mol. The van der Waals surface area contributed by atoms with Crippen molar-refractivity contribution in [3.05, 3.63) is 23.3 Å². The first kappa shape index (κ1) is 19.6. The molecule has 0 fully saturated rings. The van der Waals surface area contributed by atoms with Crippen LogP contribution >= 0.6 is 0 Å². The Kier molecular flexibility index (Phi) is 9.53. The van der Waals surface area contributed by atoms with E-state index in [1.54, 1.807) is 6.08 Å². The van der Waals surface area contributed by atoms with Crippen molar-refractivity contribution in [2.45, 2.75) is 77.2 Å². The topological polar surface area (TPSA) is 63.6 Å². The van der Waals surface area contributed by atoms with Gasteiger partial charge in [0.1, 0.15) is 0 Å². The highest BCUT2D eigenvalue weighted by Crippen LogP contribution is 2.28. The number of hydrogen-bond acceptors (Lipinski definition) is 4. The smallest absolute Gasteiger partial charge is 0.305 e. The number of ketones is 1. The zero-order valence-electron chi connectivity index (χ0n) is 14.5. The minimum absolute atomic E-state index is 0.134. The Bertz CT molecular complexity index is 448. The van der Waals surface area contributed by atoms with Crippen LogP contribution in [0.25, 0.3) is 0 Å². The molecule has 1 rings (SSSR count). The van der Waals surface area contributed by atoms with Crippen molar-refractivity contribution in [1.29, 1.82) is 0 Å². The third-order valence-electron chi connectivity index (χ3n) is 4.33. The third-order valence-corrected chi connectivity index (χ3v) is 4.33. The first-order valence-electron chi connectivity index (χ1n) is 8.76. The van der Waals surface area contributed by atoms with Gasteiger partial charge >= 0.3 is 5.97 Å². The van der Waals surface area contributed by atoms with E-state index in [9.17, 15) is 14.7 Å². The van der Waals surface area contributed by atoms with Gasteiger partial charge in [-0.2, -0.15) is 0 Å². The van der Waals surface area contributed by atoms with Crippen LogP contribution in [-0.4, -0.2) is 30.1 Å². The molecule has 0 aromatic heterocycles. The zero-order valence-corrected chi connectivity index (χ0v) is 14.5. The Morgan fingerprint density at radius 2 is 1.91 bits per heavy atom. The SMILES string of the molecule is CCC(O)/C=C/C1=C(CCCCCCCC(=O)OC)CCC1=O. The lowest BCUT2D eigenvalue weighted by molar-refractivity contribution is -0.140. The highest BCUT2D eigenvalue weighted by molar-refractivity contribution is 6.01. The van der Waals surface area contributed by atoms with Crippen molar-refractivity contribution < 1.29 is 19.4 Å². The summed E-state index contributed by atoms with van der Waals surface area (Å²) in [7, 11) is 1.42. The van der Waals surface area contributed by atoms with Gasteiger partial charge in [0.25, 0.3) is 0 Å². The van der Waals surface area contributed by atoms with Crippen LogP contribution < -0.4 is 0 Å². The first-order valence-corrected chi connectivity index (χ1v) is 8.76. The van der Waals surface area contributed by atoms with Crippen LogP contribution in [0.15, 0.2) is 23.3 Å². The van der Waals surface area contributed by atoms with E-state index in [1.165, 1.54) is 12.7 Å². The van der Waals surface area contributed by atoms with Gasteiger partial charge in [0.2, 0.25) is 0 Å². The molecule has 0 aromatic carbocycles. The molecule has 1 aliphatic rings. The molecule has 0 heterocycles. The lowest BCUT2D eigenvalue weighted by atomic mass is 10.0. The van der Waals surface area contributed by atoms with Crippen molar-refractivity contribution in [3.8, 4) is 0 Å². The molecule has 1 aliphatic carbocycles. The third kappa shape index (κ3) is 7.60. The summed E-state index contributed by atoms with van der Waals surface area (Å²) in [6, 6.07) is 0. The van der Waals surface area contributed by atoms with E-state index in [4.69, 9.17) is 0 Å². The van der Waals surface area contributed by atoms with Crippen molar-refractivity contribution >= 4 is 11.8 Å². The second-order valence-electron chi connectivity index (χ2n) is 6.12. The molecule has 4 heteroatoms. The number of aliphatic hydroxyl groups is 1. The number of Topliss-reactive ketones (excluding diaryl/α,β-unsaturated/α-hetero) is 1. The molecule has 0 saturated heterocycles. The fraction of sp³-hybridized carbons (Fsp3) is 0.684. The number of aliphatic hydroxyl groups excluding tert-OH is 1. The monoisotopic (exact) mass is 322 g/mol. The number of unbranched alkanes of at least 4 members (excludes halogenated alkanes) is 4. The van der Waals surface area contributed by atoms with E-state index < -0.39 is 6.10 Å². The molecule has 0 bridgehead atoms. The number of ether oxygens (including phenoxy) is 1. The molecule has 23 heavy (non-hydrogen) atoms. The molecule has 1 unspecified atom stereocenters. The maximum atomic E-state index is 11.9. The number of esters is 1. The molecule has 1 N–H and O–H groups in total. The van der Waals surface area contributed by atoms with E-state index >= 15 is 0 Å². The van der Waals surface area contributed by atoms with Crippen molar-refractivity contribution in [1.82, 2.24) is 0 Å². The van der Waals surface area contributed by atoms with Gasteiger partial charge in [0, 0.05) is 18.4 Å². The Balaban J connectivity index is 2.28. The summed E-state index contributed by atoms with van der Waals surface area (Å²) in [6.45, 7) is 1.92. The second kappa shape index (κ2) is 11.2. The number of methoxy groups -OCH3 is 1. The summed E-state index contributed by atoms with van der Waals surface area (Å²) in [6.07, 6.45) is 11.9. The van der Waals surface area contributed by atoms with Crippen LogP contribution in [0.4, 0.5) is 0 Å². The van der Waals surface area contributed by atoms with Gasteiger partial charge in [-0.25, -0.2) is 0 Å². The molecule has 0 aromatic rings. The maximum absolute atomic E-state index is 11.9. The Morgan fingerprint density at radius 1 is 1.22 bits per heavy atom. The zero-order chi connectivity index (χ0) is 17.1. The van der Waals surface area contributed by atoms with Crippen LogP contribution in [0.5, 0.6) is 0 Å². The highest BCUT2D eigenvalue weighted by atomic mass is 16.5. The minimum atomic E-state index is -0.466. The number of hydrogen-bond donors (Lipinski definition) is 1. The van der Waals surface area contributed by atoms with Gasteiger partial charge in [-0.05, 0) is 32.1 Å². The molecule has 0 saturated carbocycles. The predicted octanol–water partition coefficient (Wildman–Crippen LogP) is 3.88. The van der Waals surface area contributed by atoms with Crippen molar-refractivity contribution in [3.63, 3.8) is 0 Å². The fourth-order valence-corrected chi connectivity index (χ4v) is 2.78. The summed E-state index contributed by atoms with van der Waals surface area (Å²) in [5.41, 5.74) is 2.06. The molecule has 1 atom stereocenters. The molecule has 0 aliphatic heterocycles. The van der Waals surface area contributed by atoms with Crippen LogP contribution in [0, 0.1) is 0 Å². The largest absolute Gasteiger partial charge is 0.469 e. The highest BCUT2D eigenvalue weighted by Gasteiger charge is 2.20. The minimum Gasteiger partial charge on any atom is -0.469 e. The van der Waals surface area contributed by atoms with E-state index in [0.717, 1.165) is 50.5 Å². The first-order chi connectivity index (χ1) is 11.1. The summed E-state index contributed by atoms with van der Waals surface area (Å²) in [4.78, 5) is 22.9. The Morgan fingerprint density at radius 3 is 2.61 bits per heavy atom. The average Bonchev–Trinajstić information content (AvgIpc) is 2.91. The molecule has 0 radical (unpaired) electrons. The fourth-order valence-electron chi connectivity index (χ4n) is 2.78. The van der Waals surface area contributed by atoms with Crippen LogP contribution in [0.2, 0.25) is 0 Å². The molecule has 130 valence electrons. The van der Waals surface area contributed by atoms with Gasteiger partial charge in [0.05, 0.1) is 13.2 Å². The molecular formula is C19H30O4. The van der Waals surface area contributed by atoms with Gasteiger partial charge in [-0.3, -0.25) is 9.59 Å². The van der Waals surface area contributed by atoms with Crippen LogP contribution in [-0.2, 0) is 14.3 Å². The average molecular weight is 322 g/mol. The lowest BCUT2D eigenvalue weighted by Crippen LogP contribution is -2.00. The summed E-state index contributed by atoms with van der Waals surface area (Å²) < 4.78 is 4.61. The van der Waals surface area contributed by atoms with Gasteiger partial charge in [0.15, 0.2) is 5.78 Å². The summed E-state index contributed by atoms with van der Waals surface area (Å²) >= 11 is 0. The number of allylic oxidation sites excluding steroid dienone is 3. The van der Waals surface area contributed by atoms with Gasteiger partial charge in [-0.1, -0.05) is 43.9 Å². The number of carbonyl (C=O) groups is 2. The Hall–Kier alpha value is -1.42. The standard InChI is InChI=1S/C19H30O4/c1-3-16(20)12-13-17-15(11-14-18(17)21)9-7-5-4-6-8-10-19(22)23-2/h12-13,16,20H,3-11,14H2,1-2H3/b13-12+. The maximum Gasteiger partial charge on any atom is 0.305 e. The number of rotatable bonds is 11. The molecule has 4 nitrogen and oxygen atoms in total. The molecule has 0 spiro atoms. The molecule has 0 amide bonds. The summed E-state index contributed by atoms with van der Waals surface area (Å²) in [5, 5.41) is 9.59. The summed E-state index contributed by atoms with van der Waals surface area (Å²) in [5.74, 6) is 0.0722. The van der Waals surface area contributed by atoms with Crippen LogP contribution in [0.1, 0.15) is 71.1 Å².